The molecule has 0 fully saturated rings. The van der Waals surface area contributed by atoms with Gasteiger partial charge in [-0.3, -0.25) is 4.79 Å². The first kappa shape index (κ1) is 21.8. The zero-order valence-electron chi connectivity index (χ0n) is 17.1. The van der Waals surface area contributed by atoms with Gasteiger partial charge in [0, 0.05) is 17.5 Å². The summed E-state index contributed by atoms with van der Waals surface area (Å²) in [7, 11) is 4.79. The van der Waals surface area contributed by atoms with Crippen LogP contribution >= 0.6 is 23.1 Å². The maximum Gasteiger partial charge on any atom is 0.340 e. The summed E-state index contributed by atoms with van der Waals surface area (Å²) in [5.41, 5.74) is 1.27. The Morgan fingerprint density at radius 3 is 2.57 bits per heavy atom. The number of nitrogens with zero attached hydrogens (tertiary/aromatic N) is 3. The molecule has 1 aromatic carbocycles. The van der Waals surface area contributed by atoms with Crippen LogP contribution in [0.1, 0.15) is 22.2 Å². The summed E-state index contributed by atoms with van der Waals surface area (Å²) in [5.74, 6) is 0.891. The van der Waals surface area contributed by atoms with E-state index in [0.29, 0.717) is 21.5 Å². The lowest BCUT2D eigenvalue weighted by molar-refractivity contribution is -0.113. The second kappa shape index (κ2) is 9.77. The number of nitrogens with one attached hydrogen (secondary N) is 1. The van der Waals surface area contributed by atoms with Gasteiger partial charge in [0.25, 0.3) is 0 Å². The summed E-state index contributed by atoms with van der Waals surface area (Å²) in [6, 6.07) is 9.27. The van der Waals surface area contributed by atoms with Crippen LogP contribution in [-0.2, 0) is 23.0 Å². The number of esters is 1. The molecule has 0 aliphatic rings. The fourth-order valence-corrected chi connectivity index (χ4v) is 4.41. The van der Waals surface area contributed by atoms with Gasteiger partial charge < -0.3 is 19.4 Å². The quantitative estimate of drug-likeness (QED) is 0.417. The topological polar surface area (TPSA) is 95.3 Å². The van der Waals surface area contributed by atoms with Crippen molar-refractivity contribution in [2.75, 3.05) is 25.3 Å². The fourth-order valence-electron chi connectivity index (χ4n) is 2.70. The van der Waals surface area contributed by atoms with Crippen molar-refractivity contribution in [1.82, 2.24) is 14.8 Å². The van der Waals surface area contributed by atoms with Crippen molar-refractivity contribution in [3.05, 3.63) is 40.8 Å². The Balaban J connectivity index is 1.66. The number of benzene rings is 1. The Hall–Kier alpha value is -2.85. The predicted molar refractivity (Wildman–Crippen MR) is 117 cm³/mol. The average Bonchev–Trinajstić information content (AvgIpc) is 3.34. The molecule has 0 bridgehead atoms. The van der Waals surface area contributed by atoms with Crippen LogP contribution in [0.4, 0.5) is 5.00 Å². The Labute approximate surface area is 182 Å². The van der Waals surface area contributed by atoms with Crippen LogP contribution in [-0.4, -0.2) is 46.6 Å². The second-order valence-corrected chi connectivity index (χ2v) is 8.31. The van der Waals surface area contributed by atoms with Crippen LogP contribution in [0.5, 0.6) is 5.75 Å². The summed E-state index contributed by atoms with van der Waals surface area (Å²) in [6.45, 7) is 1.99. The summed E-state index contributed by atoms with van der Waals surface area (Å²) >= 11 is 2.65. The average molecular weight is 447 g/mol. The predicted octanol–water partition coefficient (Wildman–Crippen LogP) is 3.63. The Bertz CT molecular complexity index is 1040. The standard InChI is InChI=1S/C20H22N4O4S2/c1-5-14-10-15(19(26)28-4)18(30-14)21-16(25)11-29-20-23-22-17(24(20)2)12-6-8-13(27-3)9-7-12/h6-10H,5,11H2,1-4H3,(H,21,25). The lowest BCUT2D eigenvalue weighted by Gasteiger charge is -2.06. The molecular formula is C20H22N4O4S2. The third kappa shape index (κ3) is 4.82. The van der Waals surface area contributed by atoms with E-state index in [1.54, 1.807) is 13.2 Å². The van der Waals surface area contributed by atoms with E-state index in [-0.39, 0.29) is 11.7 Å². The van der Waals surface area contributed by atoms with Crippen molar-refractivity contribution in [1.29, 1.82) is 0 Å². The smallest absolute Gasteiger partial charge is 0.340 e. The van der Waals surface area contributed by atoms with Crippen LogP contribution in [0.15, 0.2) is 35.5 Å². The SMILES string of the molecule is CCc1cc(C(=O)OC)c(NC(=O)CSc2nnc(-c3ccc(OC)cc3)n2C)s1. The Kier molecular flexibility index (Phi) is 7.11. The molecule has 8 nitrogen and oxygen atoms in total. The highest BCUT2D eigenvalue weighted by Gasteiger charge is 2.19. The van der Waals surface area contributed by atoms with Gasteiger partial charge in [-0.15, -0.1) is 21.5 Å². The molecule has 1 N–H and O–H groups in total. The molecule has 0 aliphatic heterocycles. The Morgan fingerprint density at radius 1 is 1.20 bits per heavy atom. The highest BCUT2D eigenvalue weighted by atomic mass is 32.2. The van der Waals surface area contributed by atoms with Crippen LogP contribution < -0.4 is 10.1 Å². The number of carbonyl (C=O) groups is 2. The fraction of sp³-hybridized carbons (Fsp3) is 0.300. The number of rotatable bonds is 8. The van der Waals surface area contributed by atoms with Crippen LogP contribution in [0.25, 0.3) is 11.4 Å². The van der Waals surface area contributed by atoms with E-state index in [1.807, 2.05) is 42.8 Å². The molecule has 1 amide bonds. The van der Waals surface area contributed by atoms with Crippen LogP contribution in [0.2, 0.25) is 0 Å². The molecule has 3 aromatic rings. The highest BCUT2D eigenvalue weighted by Crippen LogP contribution is 2.30. The first-order chi connectivity index (χ1) is 14.5. The lowest BCUT2D eigenvalue weighted by atomic mass is 10.2. The number of ether oxygens (including phenoxy) is 2. The Morgan fingerprint density at radius 2 is 1.93 bits per heavy atom. The van der Waals surface area contributed by atoms with Gasteiger partial charge in [-0.2, -0.15) is 0 Å². The molecule has 0 saturated carbocycles. The van der Waals surface area contributed by atoms with E-state index < -0.39 is 5.97 Å². The normalized spacial score (nSPS) is 10.7. The molecule has 0 saturated heterocycles. The number of aryl methyl sites for hydroxylation is 1. The number of aromatic nitrogens is 3. The molecule has 3 rings (SSSR count). The number of thiophene rings is 1. The number of amides is 1. The van der Waals surface area contributed by atoms with Crippen molar-refractivity contribution in [2.45, 2.75) is 18.5 Å². The van der Waals surface area contributed by atoms with Gasteiger partial charge in [-0.1, -0.05) is 18.7 Å². The monoisotopic (exact) mass is 446 g/mol. The molecule has 10 heteroatoms. The van der Waals surface area contributed by atoms with E-state index in [1.165, 1.54) is 30.2 Å². The lowest BCUT2D eigenvalue weighted by Crippen LogP contribution is -2.16. The maximum absolute atomic E-state index is 12.5. The first-order valence-electron chi connectivity index (χ1n) is 9.14. The first-order valence-corrected chi connectivity index (χ1v) is 10.9. The van der Waals surface area contributed by atoms with Gasteiger partial charge in [-0.05, 0) is 36.8 Å². The van der Waals surface area contributed by atoms with E-state index in [2.05, 4.69) is 15.5 Å². The van der Waals surface area contributed by atoms with Crippen molar-refractivity contribution >= 4 is 40.0 Å². The highest BCUT2D eigenvalue weighted by molar-refractivity contribution is 7.99. The van der Waals surface area contributed by atoms with Crippen molar-refractivity contribution in [3.8, 4) is 17.1 Å². The number of methoxy groups -OCH3 is 2. The number of hydrogen-bond donors (Lipinski definition) is 1. The van der Waals surface area contributed by atoms with E-state index in [9.17, 15) is 9.59 Å². The molecule has 0 radical (unpaired) electrons. The minimum atomic E-state index is -0.466. The van der Waals surface area contributed by atoms with Gasteiger partial charge in [-0.25, -0.2) is 4.79 Å². The molecule has 30 heavy (non-hydrogen) atoms. The zero-order valence-corrected chi connectivity index (χ0v) is 18.7. The molecule has 158 valence electrons. The van der Waals surface area contributed by atoms with Gasteiger partial charge in [0.15, 0.2) is 11.0 Å². The molecule has 0 aliphatic carbocycles. The molecular weight excluding hydrogens is 424 g/mol. The van der Waals surface area contributed by atoms with Gasteiger partial charge in [0.05, 0.1) is 25.5 Å². The second-order valence-electron chi connectivity index (χ2n) is 6.23. The minimum Gasteiger partial charge on any atom is -0.497 e. The van der Waals surface area contributed by atoms with Gasteiger partial charge >= 0.3 is 5.97 Å². The van der Waals surface area contributed by atoms with E-state index in [0.717, 1.165) is 22.6 Å². The molecule has 0 unspecified atom stereocenters. The summed E-state index contributed by atoms with van der Waals surface area (Å²) < 4.78 is 11.8. The van der Waals surface area contributed by atoms with E-state index >= 15 is 0 Å². The van der Waals surface area contributed by atoms with Crippen LogP contribution in [0.3, 0.4) is 0 Å². The van der Waals surface area contributed by atoms with Gasteiger partial charge in [0.2, 0.25) is 5.91 Å². The molecule has 2 heterocycles. The maximum atomic E-state index is 12.5. The third-order valence-electron chi connectivity index (χ3n) is 4.31. The number of thioether (sulfide) groups is 1. The van der Waals surface area contributed by atoms with Crippen molar-refractivity contribution in [2.24, 2.45) is 7.05 Å². The minimum absolute atomic E-state index is 0.133. The van der Waals surface area contributed by atoms with Crippen LogP contribution in [0, 0.1) is 0 Å². The van der Waals surface area contributed by atoms with Crippen molar-refractivity contribution < 1.29 is 19.1 Å². The van der Waals surface area contributed by atoms with E-state index in [4.69, 9.17) is 9.47 Å². The number of anilines is 1. The summed E-state index contributed by atoms with van der Waals surface area (Å²) in [6.07, 6.45) is 0.770. The number of carbonyl (C=O) groups excluding carboxylic acids is 2. The van der Waals surface area contributed by atoms with Gasteiger partial charge in [0.1, 0.15) is 10.8 Å². The summed E-state index contributed by atoms with van der Waals surface area (Å²) in [5, 5.41) is 12.3. The largest absolute Gasteiger partial charge is 0.497 e. The zero-order chi connectivity index (χ0) is 21.7. The van der Waals surface area contributed by atoms with Crippen molar-refractivity contribution in [3.63, 3.8) is 0 Å². The summed E-state index contributed by atoms with van der Waals surface area (Å²) in [4.78, 5) is 25.4. The molecule has 0 atom stereocenters. The third-order valence-corrected chi connectivity index (χ3v) is 6.52. The number of hydrogen-bond acceptors (Lipinski definition) is 8. The molecule has 0 spiro atoms. The molecule has 2 aromatic heterocycles.